The van der Waals surface area contributed by atoms with Crippen LogP contribution in [0.4, 0.5) is 11.6 Å². The van der Waals surface area contributed by atoms with Crippen molar-refractivity contribution in [1.82, 2.24) is 9.97 Å². The maximum atomic E-state index is 6.36. The van der Waals surface area contributed by atoms with Crippen LogP contribution in [0.15, 0.2) is 30.6 Å². The zero-order valence-corrected chi connectivity index (χ0v) is 19.1. The van der Waals surface area contributed by atoms with Crippen molar-refractivity contribution in [3.63, 3.8) is 0 Å². The fraction of sp³-hybridized carbons (Fsp3) is 0.600. The first kappa shape index (κ1) is 21.6. The maximum absolute atomic E-state index is 6.36. The van der Waals surface area contributed by atoms with Crippen LogP contribution in [0.25, 0.3) is 0 Å². The van der Waals surface area contributed by atoms with Crippen LogP contribution >= 0.6 is 0 Å². The summed E-state index contributed by atoms with van der Waals surface area (Å²) in [6, 6.07) is 6.47. The molecule has 0 bridgehead atoms. The Balaban J connectivity index is 2.02. The SMILES string of the molecule is CCCCCCOc1cc2c(cc1N(C)c1ncccn1)C(C)(C)CCC2(C)C. The molecule has 1 aliphatic carbocycles. The Morgan fingerprint density at radius 2 is 1.55 bits per heavy atom. The first-order chi connectivity index (χ1) is 13.8. The van der Waals surface area contributed by atoms with E-state index >= 15 is 0 Å². The summed E-state index contributed by atoms with van der Waals surface area (Å²) in [6.45, 7) is 12.4. The topological polar surface area (TPSA) is 38.2 Å². The van der Waals surface area contributed by atoms with E-state index in [2.05, 4.69) is 61.6 Å². The average Bonchev–Trinajstić information content (AvgIpc) is 2.71. The number of nitrogens with zero attached hydrogens (tertiary/aromatic N) is 3. The molecule has 0 N–H and O–H groups in total. The van der Waals surface area contributed by atoms with Crippen LogP contribution in [0.1, 0.15) is 84.3 Å². The maximum Gasteiger partial charge on any atom is 0.229 e. The minimum atomic E-state index is 0.150. The lowest BCUT2D eigenvalue weighted by Crippen LogP contribution is -2.34. The predicted octanol–water partition coefficient (Wildman–Crippen LogP) is 6.55. The molecule has 29 heavy (non-hydrogen) atoms. The quantitative estimate of drug-likeness (QED) is 0.475. The van der Waals surface area contributed by atoms with E-state index in [4.69, 9.17) is 4.74 Å². The average molecular weight is 396 g/mol. The molecule has 4 nitrogen and oxygen atoms in total. The Bertz CT molecular complexity index is 814. The number of aromatic nitrogens is 2. The van der Waals surface area contributed by atoms with Crippen LogP contribution in [-0.2, 0) is 10.8 Å². The number of hydrogen-bond donors (Lipinski definition) is 0. The second-order valence-corrected chi connectivity index (χ2v) is 9.65. The molecule has 2 aromatic rings. The largest absolute Gasteiger partial charge is 0.491 e. The standard InChI is InChI=1S/C25H37N3O/c1-7-8-9-10-16-29-22-18-20-19(24(2,3)12-13-25(20,4)5)17-21(22)28(6)23-26-14-11-15-27-23/h11,14-15,17-18H,7-10,12-13,16H2,1-6H3. The van der Waals surface area contributed by atoms with Crippen LogP contribution in [0.2, 0.25) is 0 Å². The highest BCUT2D eigenvalue weighted by molar-refractivity contribution is 5.69. The minimum absolute atomic E-state index is 0.150. The summed E-state index contributed by atoms with van der Waals surface area (Å²) in [5.74, 6) is 1.64. The van der Waals surface area contributed by atoms with Crippen molar-refractivity contribution in [3.8, 4) is 5.75 Å². The van der Waals surface area contributed by atoms with Crippen LogP contribution in [0.3, 0.4) is 0 Å². The smallest absolute Gasteiger partial charge is 0.229 e. The van der Waals surface area contributed by atoms with Gasteiger partial charge in [-0.3, -0.25) is 0 Å². The van der Waals surface area contributed by atoms with E-state index in [0.717, 1.165) is 24.5 Å². The highest BCUT2D eigenvalue weighted by Crippen LogP contribution is 2.49. The summed E-state index contributed by atoms with van der Waals surface area (Å²) < 4.78 is 6.36. The van der Waals surface area contributed by atoms with Gasteiger partial charge < -0.3 is 9.64 Å². The van der Waals surface area contributed by atoms with E-state index in [0.29, 0.717) is 5.95 Å². The first-order valence-electron chi connectivity index (χ1n) is 11.1. The number of anilines is 2. The van der Waals surface area contributed by atoms with Gasteiger partial charge in [0.2, 0.25) is 5.95 Å². The van der Waals surface area contributed by atoms with E-state index in [1.54, 1.807) is 12.4 Å². The summed E-state index contributed by atoms with van der Waals surface area (Å²) in [6.07, 6.45) is 10.8. The second-order valence-electron chi connectivity index (χ2n) is 9.65. The van der Waals surface area contributed by atoms with Crippen LogP contribution in [0.5, 0.6) is 5.75 Å². The summed E-state index contributed by atoms with van der Waals surface area (Å²) in [7, 11) is 2.03. The molecule has 1 aliphatic rings. The monoisotopic (exact) mass is 395 g/mol. The molecule has 0 saturated carbocycles. The zero-order chi connectivity index (χ0) is 21.1. The normalized spacial score (nSPS) is 16.9. The summed E-state index contributed by atoms with van der Waals surface area (Å²) in [5.41, 5.74) is 4.20. The summed E-state index contributed by atoms with van der Waals surface area (Å²) in [5, 5.41) is 0. The van der Waals surface area contributed by atoms with Crippen LogP contribution in [-0.4, -0.2) is 23.6 Å². The number of ether oxygens (including phenoxy) is 1. The van der Waals surface area contributed by atoms with E-state index in [1.807, 2.05) is 13.1 Å². The lowest BCUT2D eigenvalue weighted by atomic mass is 9.63. The third-order valence-corrected chi connectivity index (χ3v) is 6.40. The molecule has 0 radical (unpaired) electrons. The fourth-order valence-electron chi connectivity index (χ4n) is 4.24. The number of hydrogen-bond acceptors (Lipinski definition) is 4. The van der Waals surface area contributed by atoms with Crippen LogP contribution in [0, 0.1) is 0 Å². The Hall–Kier alpha value is -2.10. The van der Waals surface area contributed by atoms with Gasteiger partial charge in [-0.1, -0.05) is 53.9 Å². The Morgan fingerprint density at radius 3 is 2.17 bits per heavy atom. The molecular weight excluding hydrogens is 358 g/mol. The van der Waals surface area contributed by atoms with Gasteiger partial charge in [-0.15, -0.1) is 0 Å². The van der Waals surface area contributed by atoms with Gasteiger partial charge in [0, 0.05) is 19.4 Å². The van der Waals surface area contributed by atoms with Gasteiger partial charge in [-0.05, 0) is 59.4 Å². The zero-order valence-electron chi connectivity index (χ0n) is 19.1. The molecule has 1 heterocycles. The van der Waals surface area contributed by atoms with Gasteiger partial charge in [0.15, 0.2) is 0 Å². The molecule has 0 saturated heterocycles. The first-order valence-corrected chi connectivity index (χ1v) is 11.1. The molecule has 0 aliphatic heterocycles. The number of rotatable bonds is 8. The lowest BCUT2D eigenvalue weighted by molar-refractivity contribution is 0.299. The van der Waals surface area contributed by atoms with Crippen molar-refractivity contribution in [2.75, 3.05) is 18.6 Å². The molecule has 1 aromatic heterocycles. The highest BCUT2D eigenvalue weighted by Gasteiger charge is 2.38. The Labute approximate surface area is 176 Å². The van der Waals surface area contributed by atoms with E-state index in [9.17, 15) is 0 Å². The molecular formula is C25H37N3O. The van der Waals surface area contributed by atoms with Crippen molar-refractivity contribution in [2.24, 2.45) is 0 Å². The van der Waals surface area contributed by atoms with Gasteiger partial charge in [0.1, 0.15) is 5.75 Å². The van der Waals surface area contributed by atoms with E-state index < -0.39 is 0 Å². The van der Waals surface area contributed by atoms with Crippen molar-refractivity contribution >= 4 is 11.6 Å². The predicted molar refractivity (Wildman–Crippen MR) is 121 cm³/mol. The summed E-state index contributed by atoms with van der Waals surface area (Å²) >= 11 is 0. The van der Waals surface area contributed by atoms with Crippen molar-refractivity contribution < 1.29 is 4.74 Å². The lowest BCUT2D eigenvalue weighted by Gasteiger charge is -2.42. The Morgan fingerprint density at radius 1 is 0.931 bits per heavy atom. The van der Waals surface area contributed by atoms with Gasteiger partial charge >= 0.3 is 0 Å². The highest BCUT2D eigenvalue weighted by atomic mass is 16.5. The van der Waals surface area contributed by atoms with E-state index in [-0.39, 0.29) is 10.8 Å². The van der Waals surface area contributed by atoms with Gasteiger partial charge in [0.05, 0.1) is 12.3 Å². The molecule has 0 spiro atoms. The molecule has 4 heteroatoms. The Kier molecular flexibility index (Phi) is 6.50. The van der Waals surface area contributed by atoms with Gasteiger partial charge in [-0.25, -0.2) is 9.97 Å². The molecule has 0 unspecified atom stereocenters. The molecule has 1 aromatic carbocycles. The van der Waals surface area contributed by atoms with Crippen molar-refractivity contribution in [3.05, 3.63) is 41.7 Å². The third kappa shape index (κ3) is 4.73. The molecule has 3 rings (SSSR count). The van der Waals surface area contributed by atoms with Crippen molar-refractivity contribution in [1.29, 1.82) is 0 Å². The number of benzene rings is 1. The van der Waals surface area contributed by atoms with Gasteiger partial charge in [0.25, 0.3) is 0 Å². The van der Waals surface area contributed by atoms with Gasteiger partial charge in [-0.2, -0.15) is 0 Å². The third-order valence-electron chi connectivity index (χ3n) is 6.40. The second kappa shape index (κ2) is 8.73. The number of unbranched alkanes of at least 4 members (excludes halogenated alkanes) is 3. The minimum Gasteiger partial charge on any atom is -0.491 e. The number of fused-ring (bicyclic) bond motifs is 1. The molecule has 0 fully saturated rings. The van der Waals surface area contributed by atoms with Crippen molar-refractivity contribution in [2.45, 2.75) is 84.0 Å². The van der Waals surface area contributed by atoms with Crippen LogP contribution < -0.4 is 9.64 Å². The molecule has 158 valence electrons. The summed E-state index contributed by atoms with van der Waals surface area (Å²) in [4.78, 5) is 11.0. The van der Waals surface area contributed by atoms with E-state index in [1.165, 1.54) is 43.2 Å². The fourth-order valence-corrected chi connectivity index (χ4v) is 4.24. The molecule has 0 amide bonds. The molecule has 0 atom stereocenters.